The molecule has 0 saturated heterocycles. The molecule has 0 bridgehead atoms. The van der Waals surface area contributed by atoms with Gasteiger partial charge < -0.3 is 20.2 Å². The average Bonchev–Trinajstić information content (AvgIpc) is 3.56. The van der Waals surface area contributed by atoms with Crippen LogP contribution in [0.1, 0.15) is 34.5 Å². The number of aromatic amines is 1. The summed E-state index contributed by atoms with van der Waals surface area (Å²) >= 11 is 1.25. The quantitative estimate of drug-likeness (QED) is 0.114. The Hall–Kier alpha value is -4.55. The lowest BCUT2D eigenvalue weighted by molar-refractivity contribution is -0.00504. The maximum Gasteiger partial charge on any atom is 0.214 e. The molecule has 204 valence electrons. The number of nitrogens with one attached hydrogen (secondary N) is 3. The number of carbonyl (C=O) groups is 1. The first kappa shape index (κ1) is 25.7. The van der Waals surface area contributed by atoms with Crippen LogP contribution in [0.3, 0.4) is 0 Å². The molecular weight excluding hydrogens is 538 g/mol. The van der Waals surface area contributed by atoms with Crippen LogP contribution in [0.25, 0.3) is 16.6 Å². The monoisotopic (exact) mass is 562 g/mol. The molecule has 3 aromatic carbocycles. The van der Waals surface area contributed by atoms with Crippen LogP contribution in [0.2, 0.25) is 0 Å². The van der Waals surface area contributed by atoms with Crippen LogP contribution < -0.4 is 24.9 Å². The summed E-state index contributed by atoms with van der Waals surface area (Å²) in [5, 5.41) is 4.93. The van der Waals surface area contributed by atoms with E-state index in [9.17, 15) is 13.7 Å². The standard InChI is InChI=1S/C28H24F2N6O3S/c1-15-10-18(38-25-5-3-2-4-20(25)29)8-9-24(15)36-28(31)19(14-32-36)27(37)23-11-16-12-26(39-30)22(13-21(16)33-23)35-40-34-17-6-7-17/h2-5,8-14,17,33-35H,6-7,31H2,1H3. The van der Waals surface area contributed by atoms with E-state index < -0.39 is 5.82 Å². The Balaban J connectivity index is 1.24. The summed E-state index contributed by atoms with van der Waals surface area (Å²) < 4.78 is 40.6. The van der Waals surface area contributed by atoms with Gasteiger partial charge in [-0.2, -0.15) is 5.10 Å². The van der Waals surface area contributed by atoms with E-state index in [0.717, 1.165) is 18.4 Å². The molecule has 0 atom stereocenters. The number of nitrogens with two attached hydrogens (primary N) is 1. The summed E-state index contributed by atoms with van der Waals surface area (Å²) in [5.74, 6) is -0.141. The van der Waals surface area contributed by atoms with Crippen molar-refractivity contribution in [1.29, 1.82) is 0 Å². The van der Waals surface area contributed by atoms with Crippen molar-refractivity contribution >= 4 is 40.3 Å². The zero-order valence-corrected chi connectivity index (χ0v) is 22.0. The van der Waals surface area contributed by atoms with Crippen molar-refractivity contribution in [2.75, 3.05) is 10.5 Å². The number of para-hydroxylation sites is 1. The first-order valence-electron chi connectivity index (χ1n) is 12.5. The molecule has 12 heteroatoms. The highest BCUT2D eigenvalue weighted by Crippen LogP contribution is 2.34. The molecule has 2 aromatic heterocycles. The number of ketones is 1. The van der Waals surface area contributed by atoms with Crippen LogP contribution in [-0.2, 0) is 0 Å². The van der Waals surface area contributed by atoms with Gasteiger partial charge in [-0.25, -0.2) is 13.8 Å². The maximum absolute atomic E-state index is 14.0. The highest BCUT2D eigenvalue weighted by atomic mass is 32.2. The van der Waals surface area contributed by atoms with E-state index >= 15 is 0 Å². The molecule has 1 saturated carbocycles. The van der Waals surface area contributed by atoms with E-state index in [1.807, 2.05) is 6.92 Å². The second-order valence-electron chi connectivity index (χ2n) is 9.46. The van der Waals surface area contributed by atoms with Crippen LogP contribution in [0, 0.1) is 12.7 Å². The smallest absolute Gasteiger partial charge is 0.214 e. The highest BCUT2D eigenvalue weighted by molar-refractivity contribution is 7.98. The Morgan fingerprint density at radius 2 is 1.98 bits per heavy atom. The fourth-order valence-corrected chi connectivity index (χ4v) is 4.98. The molecule has 1 fully saturated rings. The van der Waals surface area contributed by atoms with Crippen molar-refractivity contribution in [3.05, 3.63) is 89.5 Å². The van der Waals surface area contributed by atoms with Gasteiger partial charge in [0.1, 0.15) is 11.6 Å². The molecule has 40 heavy (non-hydrogen) atoms. The Labute approximate surface area is 231 Å². The number of hydrogen-bond acceptors (Lipinski definition) is 8. The van der Waals surface area contributed by atoms with Gasteiger partial charge in [0.05, 0.1) is 28.8 Å². The van der Waals surface area contributed by atoms with Crippen molar-refractivity contribution in [1.82, 2.24) is 19.5 Å². The summed E-state index contributed by atoms with van der Waals surface area (Å²) in [6.45, 7) is 1.83. The van der Waals surface area contributed by atoms with E-state index in [1.54, 1.807) is 48.5 Å². The number of aromatic nitrogens is 3. The zero-order chi connectivity index (χ0) is 27.8. The van der Waals surface area contributed by atoms with Gasteiger partial charge in [0.25, 0.3) is 0 Å². The molecule has 0 aliphatic heterocycles. The second kappa shape index (κ2) is 10.5. The predicted molar refractivity (Wildman–Crippen MR) is 150 cm³/mol. The van der Waals surface area contributed by atoms with Crippen LogP contribution in [-0.4, -0.2) is 26.6 Å². The molecule has 9 nitrogen and oxygen atoms in total. The third-order valence-corrected chi connectivity index (χ3v) is 7.30. The summed E-state index contributed by atoms with van der Waals surface area (Å²) in [6, 6.07) is 16.5. The van der Waals surface area contributed by atoms with Gasteiger partial charge in [0, 0.05) is 33.6 Å². The van der Waals surface area contributed by atoms with E-state index in [2.05, 4.69) is 24.5 Å². The van der Waals surface area contributed by atoms with Crippen molar-refractivity contribution in [3.63, 3.8) is 0 Å². The van der Waals surface area contributed by atoms with Crippen molar-refractivity contribution in [2.45, 2.75) is 25.8 Å². The van der Waals surface area contributed by atoms with E-state index in [4.69, 9.17) is 10.5 Å². The predicted octanol–water partition coefficient (Wildman–Crippen LogP) is 6.40. The number of aryl methyl sites for hydroxylation is 1. The molecule has 0 radical (unpaired) electrons. The number of H-pyrrole nitrogens is 1. The van der Waals surface area contributed by atoms with Crippen LogP contribution in [0.4, 0.5) is 20.4 Å². The number of hydrogen-bond donors (Lipinski definition) is 4. The molecule has 0 amide bonds. The minimum Gasteiger partial charge on any atom is -0.454 e. The Morgan fingerprint density at radius 3 is 2.73 bits per heavy atom. The largest absolute Gasteiger partial charge is 0.454 e. The molecule has 5 aromatic rings. The Morgan fingerprint density at radius 1 is 1.15 bits per heavy atom. The van der Waals surface area contributed by atoms with Crippen LogP contribution >= 0.6 is 12.1 Å². The van der Waals surface area contributed by atoms with Crippen LogP contribution in [0.15, 0.2) is 66.9 Å². The Bertz CT molecular complexity index is 1730. The molecule has 1 aliphatic rings. The second-order valence-corrected chi connectivity index (χ2v) is 10.1. The van der Waals surface area contributed by atoms with E-state index in [0.29, 0.717) is 34.1 Å². The summed E-state index contributed by atoms with van der Waals surface area (Å²) in [6.07, 6.45) is 3.61. The SMILES string of the molecule is Cc1cc(Oc2ccccc2F)ccc1-n1ncc(C(=O)c2cc3cc(OF)c(NSNC4CC4)cc3[nH]2)c1N. The van der Waals surface area contributed by atoms with Gasteiger partial charge in [-0.3, -0.25) is 9.74 Å². The fourth-order valence-electron chi connectivity index (χ4n) is 4.25. The normalized spacial score (nSPS) is 13.0. The van der Waals surface area contributed by atoms with Gasteiger partial charge in [-0.1, -0.05) is 12.1 Å². The molecule has 5 N–H and O–H groups in total. The molecule has 0 spiro atoms. The van der Waals surface area contributed by atoms with Crippen LogP contribution in [0.5, 0.6) is 17.2 Å². The lowest BCUT2D eigenvalue weighted by Crippen LogP contribution is -2.09. The van der Waals surface area contributed by atoms with Gasteiger partial charge in [-0.15, -0.1) is 0 Å². The molecule has 1 aliphatic carbocycles. The lowest BCUT2D eigenvalue weighted by Gasteiger charge is -2.12. The summed E-state index contributed by atoms with van der Waals surface area (Å²) in [7, 11) is 0. The van der Waals surface area contributed by atoms with Gasteiger partial charge in [0.15, 0.2) is 17.3 Å². The summed E-state index contributed by atoms with van der Waals surface area (Å²) in [5.41, 5.74) is 9.24. The third kappa shape index (κ3) is 5.06. The molecular formula is C28H24F2N6O3S. The van der Waals surface area contributed by atoms with E-state index in [1.165, 1.54) is 35.1 Å². The lowest BCUT2D eigenvalue weighted by atomic mass is 10.1. The summed E-state index contributed by atoms with van der Waals surface area (Å²) in [4.78, 5) is 20.5. The third-order valence-electron chi connectivity index (χ3n) is 6.52. The number of ether oxygens (including phenoxy) is 1. The minimum atomic E-state index is -0.467. The van der Waals surface area contributed by atoms with E-state index in [-0.39, 0.29) is 34.4 Å². The minimum absolute atomic E-state index is 0.000772. The fraction of sp³-hybridized carbons (Fsp3) is 0.143. The van der Waals surface area contributed by atoms with Gasteiger partial charge >= 0.3 is 0 Å². The number of fused-ring (bicyclic) bond motifs is 1. The molecule has 0 unspecified atom stereocenters. The van der Waals surface area contributed by atoms with Gasteiger partial charge in [-0.05, 0) is 73.9 Å². The zero-order valence-electron chi connectivity index (χ0n) is 21.2. The number of benzene rings is 3. The first-order valence-corrected chi connectivity index (χ1v) is 13.3. The number of halogens is 2. The molecule has 6 rings (SSSR count). The number of anilines is 2. The highest BCUT2D eigenvalue weighted by Gasteiger charge is 2.23. The van der Waals surface area contributed by atoms with Crippen molar-refractivity contribution in [3.8, 4) is 22.9 Å². The van der Waals surface area contributed by atoms with Crippen molar-refractivity contribution in [2.24, 2.45) is 0 Å². The topological polar surface area (TPSA) is 119 Å². The molecule has 2 heterocycles. The number of carbonyl (C=O) groups excluding carboxylic acids is 1. The average molecular weight is 563 g/mol. The number of nitrogen functional groups attached to an aromatic ring is 1. The number of nitrogens with zero attached hydrogens (tertiary/aromatic N) is 2. The first-order chi connectivity index (χ1) is 19.4. The van der Waals surface area contributed by atoms with Crippen molar-refractivity contribution < 1.29 is 23.4 Å². The van der Waals surface area contributed by atoms with Gasteiger partial charge in [0.2, 0.25) is 5.78 Å². The maximum atomic E-state index is 14.0. The Kier molecular flexibility index (Phi) is 6.78. The number of rotatable bonds is 10.